The van der Waals surface area contributed by atoms with Crippen molar-refractivity contribution >= 4 is 10.0 Å². The fourth-order valence-electron chi connectivity index (χ4n) is 2.37. The van der Waals surface area contributed by atoms with Crippen LogP contribution in [-0.4, -0.2) is 65.3 Å². The molecule has 7 nitrogen and oxygen atoms in total. The van der Waals surface area contributed by atoms with Gasteiger partial charge in [0.05, 0.1) is 12.3 Å². The third-order valence-electron chi connectivity index (χ3n) is 3.66. The molecule has 0 radical (unpaired) electrons. The number of sulfonamides is 1. The van der Waals surface area contributed by atoms with Crippen molar-refractivity contribution in [3.63, 3.8) is 0 Å². The zero-order valence-corrected chi connectivity index (χ0v) is 13.2. The first-order chi connectivity index (χ1) is 9.44. The number of nitrogens with zero attached hydrogens (tertiary/aromatic N) is 5. The van der Waals surface area contributed by atoms with Crippen LogP contribution in [0.2, 0.25) is 0 Å². The topological polar surface area (TPSA) is 71.3 Å². The van der Waals surface area contributed by atoms with Crippen LogP contribution in [0.1, 0.15) is 25.0 Å². The molecule has 0 saturated carbocycles. The van der Waals surface area contributed by atoms with Gasteiger partial charge in [0.2, 0.25) is 10.0 Å². The fraction of sp³-hybridized carbons (Fsp3) is 0.833. The molecular weight excluding hydrogens is 278 g/mol. The molecule has 0 aromatic carbocycles. The quantitative estimate of drug-likeness (QED) is 0.736. The second-order valence-electron chi connectivity index (χ2n) is 5.27. The second-order valence-corrected chi connectivity index (χ2v) is 7.57. The molecule has 0 saturated heterocycles. The minimum absolute atomic E-state index is 0.198. The number of hydrogen-bond donors (Lipinski definition) is 0. The molecule has 1 aliphatic rings. The summed E-state index contributed by atoms with van der Waals surface area (Å²) in [6.07, 6.45) is 1.55. The summed E-state index contributed by atoms with van der Waals surface area (Å²) in [5.74, 6) is 2.22. The van der Waals surface area contributed by atoms with Gasteiger partial charge in [-0.05, 0) is 13.0 Å². The van der Waals surface area contributed by atoms with Crippen LogP contribution in [0.5, 0.6) is 0 Å². The minimum atomic E-state index is -3.09. The summed E-state index contributed by atoms with van der Waals surface area (Å²) in [6, 6.07) is 0. The van der Waals surface area contributed by atoms with Crippen molar-refractivity contribution in [3.8, 4) is 0 Å². The Hall–Kier alpha value is -0.990. The summed E-state index contributed by atoms with van der Waals surface area (Å²) in [5.41, 5.74) is 0. The van der Waals surface area contributed by atoms with Gasteiger partial charge in [0.25, 0.3) is 0 Å². The largest absolute Gasteiger partial charge is 0.313 e. The zero-order valence-electron chi connectivity index (χ0n) is 12.4. The average molecular weight is 301 g/mol. The van der Waals surface area contributed by atoms with Gasteiger partial charge in [-0.25, -0.2) is 12.7 Å². The molecule has 1 aliphatic heterocycles. The molecule has 2 heterocycles. The highest BCUT2D eigenvalue weighted by Gasteiger charge is 2.21. The van der Waals surface area contributed by atoms with E-state index < -0.39 is 10.0 Å². The minimum Gasteiger partial charge on any atom is -0.313 e. The average Bonchev–Trinajstić information content (AvgIpc) is 2.80. The molecule has 0 bridgehead atoms. The summed E-state index contributed by atoms with van der Waals surface area (Å²) in [6.45, 7) is 5.44. The Morgan fingerprint density at radius 3 is 2.65 bits per heavy atom. The van der Waals surface area contributed by atoms with E-state index in [1.54, 1.807) is 14.1 Å². The Labute approximate surface area is 120 Å². The molecule has 0 unspecified atom stereocenters. The van der Waals surface area contributed by atoms with E-state index in [0.717, 1.165) is 44.2 Å². The molecule has 2 rings (SSSR count). The van der Waals surface area contributed by atoms with Gasteiger partial charge < -0.3 is 4.57 Å². The standard InChI is InChI=1S/C12H23N5O2S/c1-4-11-13-14-12-10-16(7-8-17(11)12)6-5-9-20(18,19)15(2)3/h4-10H2,1-3H3. The Bertz CT molecular complexity index is 552. The van der Waals surface area contributed by atoms with E-state index in [1.807, 2.05) is 0 Å². The molecule has 1 aromatic rings. The van der Waals surface area contributed by atoms with Crippen molar-refractivity contribution in [1.82, 2.24) is 24.0 Å². The van der Waals surface area contributed by atoms with Crippen LogP contribution < -0.4 is 0 Å². The molecule has 0 amide bonds. The van der Waals surface area contributed by atoms with Gasteiger partial charge in [0, 0.05) is 33.6 Å². The first-order valence-corrected chi connectivity index (χ1v) is 8.58. The Morgan fingerprint density at radius 1 is 1.25 bits per heavy atom. The second kappa shape index (κ2) is 6.19. The summed E-state index contributed by atoms with van der Waals surface area (Å²) in [7, 11) is 0.0629. The van der Waals surface area contributed by atoms with Crippen LogP contribution in [-0.2, 0) is 29.5 Å². The SMILES string of the molecule is CCc1nnc2n1CCN(CCCS(=O)(=O)N(C)C)C2. The molecule has 0 N–H and O–H groups in total. The van der Waals surface area contributed by atoms with Crippen LogP contribution in [0.25, 0.3) is 0 Å². The van der Waals surface area contributed by atoms with E-state index in [1.165, 1.54) is 4.31 Å². The predicted octanol–water partition coefficient (Wildman–Crippen LogP) is -0.0624. The van der Waals surface area contributed by atoms with E-state index >= 15 is 0 Å². The van der Waals surface area contributed by atoms with Crippen molar-refractivity contribution in [2.45, 2.75) is 32.9 Å². The third kappa shape index (κ3) is 3.36. The maximum absolute atomic E-state index is 11.7. The van der Waals surface area contributed by atoms with Gasteiger partial charge in [0.15, 0.2) is 0 Å². The van der Waals surface area contributed by atoms with E-state index in [2.05, 4.69) is 26.6 Å². The summed E-state index contributed by atoms with van der Waals surface area (Å²) < 4.78 is 26.8. The molecule has 1 aromatic heterocycles. The van der Waals surface area contributed by atoms with Crippen molar-refractivity contribution in [1.29, 1.82) is 0 Å². The van der Waals surface area contributed by atoms with Gasteiger partial charge in [-0.1, -0.05) is 6.92 Å². The van der Waals surface area contributed by atoms with Crippen molar-refractivity contribution in [2.75, 3.05) is 32.9 Å². The Morgan fingerprint density at radius 2 is 2.00 bits per heavy atom. The van der Waals surface area contributed by atoms with Gasteiger partial charge in [-0.15, -0.1) is 10.2 Å². The zero-order chi connectivity index (χ0) is 14.8. The highest BCUT2D eigenvalue weighted by Crippen LogP contribution is 2.13. The van der Waals surface area contributed by atoms with E-state index in [0.29, 0.717) is 6.42 Å². The molecule has 0 spiro atoms. The molecule has 114 valence electrons. The maximum atomic E-state index is 11.7. The van der Waals surface area contributed by atoms with Crippen molar-refractivity contribution < 1.29 is 8.42 Å². The predicted molar refractivity (Wildman–Crippen MR) is 76.8 cm³/mol. The van der Waals surface area contributed by atoms with E-state index in [9.17, 15) is 8.42 Å². The van der Waals surface area contributed by atoms with Crippen LogP contribution >= 0.6 is 0 Å². The lowest BCUT2D eigenvalue weighted by Crippen LogP contribution is -2.36. The highest BCUT2D eigenvalue weighted by atomic mass is 32.2. The molecular formula is C12H23N5O2S. The molecule has 0 fully saturated rings. The van der Waals surface area contributed by atoms with E-state index in [4.69, 9.17) is 0 Å². The van der Waals surface area contributed by atoms with E-state index in [-0.39, 0.29) is 5.75 Å². The van der Waals surface area contributed by atoms with Gasteiger partial charge in [-0.2, -0.15) is 0 Å². The summed E-state index contributed by atoms with van der Waals surface area (Å²) >= 11 is 0. The number of fused-ring (bicyclic) bond motifs is 1. The van der Waals surface area contributed by atoms with Crippen molar-refractivity contribution in [2.24, 2.45) is 0 Å². The van der Waals surface area contributed by atoms with Gasteiger partial charge in [0.1, 0.15) is 11.6 Å². The summed E-state index contributed by atoms with van der Waals surface area (Å²) in [4.78, 5) is 2.24. The number of hydrogen-bond acceptors (Lipinski definition) is 5. The molecule has 0 atom stereocenters. The first-order valence-electron chi connectivity index (χ1n) is 6.97. The Kier molecular flexibility index (Phi) is 4.77. The van der Waals surface area contributed by atoms with Crippen LogP contribution in [0.15, 0.2) is 0 Å². The number of aromatic nitrogens is 3. The maximum Gasteiger partial charge on any atom is 0.213 e. The summed E-state index contributed by atoms with van der Waals surface area (Å²) in [5, 5.41) is 8.38. The van der Waals surface area contributed by atoms with Crippen LogP contribution in [0.4, 0.5) is 0 Å². The Balaban J connectivity index is 1.85. The van der Waals surface area contributed by atoms with Crippen molar-refractivity contribution in [3.05, 3.63) is 11.6 Å². The lowest BCUT2D eigenvalue weighted by molar-refractivity contribution is 0.216. The lowest BCUT2D eigenvalue weighted by atomic mass is 10.3. The van der Waals surface area contributed by atoms with Crippen LogP contribution in [0.3, 0.4) is 0 Å². The number of rotatable bonds is 6. The van der Waals surface area contributed by atoms with Crippen LogP contribution in [0, 0.1) is 0 Å². The first kappa shape index (κ1) is 15.4. The molecule has 8 heteroatoms. The van der Waals surface area contributed by atoms with Gasteiger partial charge in [-0.3, -0.25) is 4.90 Å². The normalized spacial score (nSPS) is 16.6. The highest BCUT2D eigenvalue weighted by molar-refractivity contribution is 7.89. The van der Waals surface area contributed by atoms with Gasteiger partial charge >= 0.3 is 0 Å². The molecule has 20 heavy (non-hydrogen) atoms. The number of aryl methyl sites for hydroxylation is 1. The fourth-order valence-corrected chi connectivity index (χ4v) is 3.23. The smallest absolute Gasteiger partial charge is 0.213 e. The monoisotopic (exact) mass is 301 g/mol. The lowest BCUT2D eigenvalue weighted by Gasteiger charge is -2.27. The third-order valence-corrected chi connectivity index (χ3v) is 5.58. The molecule has 0 aliphatic carbocycles.